The summed E-state index contributed by atoms with van der Waals surface area (Å²) in [6, 6.07) is 4.26. The van der Waals surface area contributed by atoms with Crippen LogP contribution in [-0.4, -0.2) is 13.1 Å². The van der Waals surface area contributed by atoms with E-state index in [0.717, 1.165) is 25.6 Å². The number of nitrogens with two attached hydrogens (primary N) is 1. The minimum Gasteiger partial charge on any atom is -0.330 e. The van der Waals surface area contributed by atoms with E-state index in [2.05, 4.69) is 36.7 Å². The highest BCUT2D eigenvalue weighted by Gasteiger charge is 2.08. The molecule has 0 fully saturated rings. The van der Waals surface area contributed by atoms with Gasteiger partial charge in [0.05, 0.1) is 0 Å². The molecule has 86 valence electrons. The molecule has 0 aromatic carbocycles. The largest absolute Gasteiger partial charge is 0.330 e. The van der Waals surface area contributed by atoms with Crippen LogP contribution in [0.25, 0.3) is 0 Å². The Bertz CT molecular complexity index is 244. The Hall–Kier alpha value is -0.380. The minimum atomic E-state index is 0.616. The third-order valence-electron chi connectivity index (χ3n) is 2.45. The lowest BCUT2D eigenvalue weighted by Gasteiger charge is -2.17. The van der Waals surface area contributed by atoms with Crippen LogP contribution in [0.1, 0.15) is 25.1 Å². The summed E-state index contributed by atoms with van der Waals surface area (Å²) in [7, 11) is 0. The summed E-state index contributed by atoms with van der Waals surface area (Å²) in [5, 5.41) is 5.59. The summed E-state index contributed by atoms with van der Waals surface area (Å²) in [5.41, 5.74) is 5.74. The molecule has 0 amide bonds. The van der Waals surface area contributed by atoms with E-state index in [1.807, 2.05) is 0 Å². The second-order valence-corrected chi connectivity index (χ2v) is 5.47. The first-order valence-corrected chi connectivity index (χ1v) is 6.53. The van der Waals surface area contributed by atoms with Gasteiger partial charge in [-0.2, -0.15) is 0 Å². The van der Waals surface area contributed by atoms with Crippen LogP contribution in [-0.2, 0) is 6.54 Å². The van der Waals surface area contributed by atoms with Crippen molar-refractivity contribution in [2.75, 3.05) is 13.1 Å². The molecule has 3 heteroatoms. The molecule has 0 bridgehead atoms. The van der Waals surface area contributed by atoms with Crippen LogP contribution >= 0.6 is 11.3 Å². The summed E-state index contributed by atoms with van der Waals surface area (Å²) >= 11 is 1.80. The Morgan fingerprint density at radius 3 is 2.80 bits per heavy atom. The van der Waals surface area contributed by atoms with Crippen LogP contribution < -0.4 is 11.1 Å². The van der Waals surface area contributed by atoms with Gasteiger partial charge in [-0.3, -0.25) is 0 Å². The van der Waals surface area contributed by atoms with E-state index >= 15 is 0 Å². The molecule has 1 aromatic heterocycles. The van der Waals surface area contributed by atoms with Crippen molar-refractivity contribution in [1.29, 1.82) is 0 Å². The van der Waals surface area contributed by atoms with Crippen molar-refractivity contribution in [3.8, 4) is 0 Å². The molecule has 0 aliphatic heterocycles. The second-order valence-electron chi connectivity index (χ2n) is 4.44. The minimum absolute atomic E-state index is 0.616. The fourth-order valence-corrected chi connectivity index (χ4v) is 2.42. The van der Waals surface area contributed by atoms with E-state index in [1.54, 1.807) is 11.3 Å². The lowest BCUT2D eigenvalue weighted by atomic mass is 9.97. The van der Waals surface area contributed by atoms with Crippen LogP contribution in [0.15, 0.2) is 17.5 Å². The molecule has 15 heavy (non-hydrogen) atoms. The monoisotopic (exact) mass is 226 g/mol. The molecule has 1 rings (SSSR count). The zero-order valence-corrected chi connectivity index (χ0v) is 10.5. The molecule has 1 heterocycles. The van der Waals surface area contributed by atoms with Gasteiger partial charge >= 0.3 is 0 Å². The predicted molar refractivity (Wildman–Crippen MR) is 68.0 cm³/mol. The van der Waals surface area contributed by atoms with E-state index in [1.165, 1.54) is 11.3 Å². The summed E-state index contributed by atoms with van der Waals surface area (Å²) in [4.78, 5) is 1.40. The van der Waals surface area contributed by atoms with Gasteiger partial charge in [0.25, 0.3) is 0 Å². The predicted octanol–water partition coefficient (Wildman–Crippen LogP) is 2.46. The quantitative estimate of drug-likeness (QED) is 0.749. The summed E-state index contributed by atoms with van der Waals surface area (Å²) < 4.78 is 0. The standard InChI is InChI=1S/C12H22N2S/c1-10(2)6-11(7-13)8-14-9-12-4-3-5-15-12/h3-5,10-11,14H,6-9,13H2,1-2H3. The van der Waals surface area contributed by atoms with E-state index in [0.29, 0.717) is 5.92 Å². The molecule has 1 aromatic rings. The van der Waals surface area contributed by atoms with Crippen molar-refractivity contribution in [2.45, 2.75) is 26.8 Å². The zero-order valence-electron chi connectivity index (χ0n) is 9.70. The van der Waals surface area contributed by atoms with Crippen LogP contribution in [0.2, 0.25) is 0 Å². The van der Waals surface area contributed by atoms with Crippen molar-refractivity contribution < 1.29 is 0 Å². The maximum Gasteiger partial charge on any atom is 0.0299 e. The zero-order chi connectivity index (χ0) is 11.1. The molecular weight excluding hydrogens is 204 g/mol. The molecule has 0 spiro atoms. The number of nitrogens with one attached hydrogen (secondary N) is 1. The Kier molecular flexibility index (Phi) is 5.91. The summed E-state index contributed by atoms with van der Waals surface area (Å²) in [6.07, 6.45) is 1.22. The smallest absolute Gasteiger partial charge is 0.0299 e. The van der Waals surface area contributed by atoms with Gasteiger partial charge in [0.1, 0.15) is 0 Å². The second kappa shape index (κ2) is 6.99. The molecule has 2 nitrogen and oxygen atoms in total. The van der Waals surface area contributed by atoms with Gasteiger partial charge in [0.15, 0.2) is 0 Å². The number of hydrogen-bond acceptors (Lipinski definition) is 3. The molecule has 0 radical (unpaired) electrons. The molecule has 1 unspecified atom stereocenters. The van der Waals surface area contributed by atoms with Crippen LogP contribution in [0.3, 0.4) is 0 Å². The van der Waals surface area contributed by atoms with Gasteiger partial charge in [-0.05, 0) is 42.8 Å². The highest BCUT2D eigenvalue weighted by molar-refractivity contribution is 7.09. The van der Waals surface area contributed by atoms with E-state index in [9.17, 15) is 0 Å². The maximum absolute atomic E-state index is 5.74. The van der Waals surface area contributed by atoms with Crippen LogP contribution in [0.5, 0.6) is 0 Å². The first kappa shape index (κ1) is 12.7. The fourth-order valence-electron chi connectivity index (χ4n) is 1.74. The van der Waals surface area contributed by atoms with Gasteiger partial charge in [-0.15, -0.1) is 11.3 Å². The van der Waals surface area contributed by atoms with Gasteiger partial charge in [0.2, 0.25) is 0 Å². The lowest BCUT2D eigenvalue weighted by Crippen LogP contribution is -2.28. The Morgan fingerprint density at radius 2 is 2.27 bits per heavy atom. The average molecular weight is 226 g/mol. The number of hydrogen-bond donors (Lipinski definition) is 2. The first-order chi connectivity index (χ1) is 7.22. The highest BCUT2D eigenvalue weighted by atomic mass is 32.1. The van der Waals surface area contributed by atoms with Gasteiger partial charge in [0, 0.05) is 11.4 Å². The Labute approximate surface area is 96.9 Å². The summed E-state index contributed by atoms with van der Waals surface area (Å²) in [6.45, 7) is 7.30. The van der Waals surface area contributed by atoms with Crippen LogP contribution in [0.4, 0.5) is 0 Å². The van der Waals surface area contributed by atoms with Crippen LogP contribution in [0, 0.1) is 11.8 Å². The van der Waals surface area contributed by atoms with E-state index in [4.69, 9.17) is 5.73 Å². The maximum atomic E-state index is 5.74. The molecule has 0 aliphatic carbocycles. The topological polar surface area (TPSA) is 38.0 Å². The molecule has 0 aliphatic rings. The fraction of sp³-hybridized carbons (Fsp3) is 0.667. The van der Waals surface area contributed by atoms with Crippen molar-refractivity contribution in [3.05, 3.63) is 22.4 Å². The van der Waals surface area contributed by atoms with Crippen molar-refractivity contribution >= 4 is 11.3 Å². The van der Waals surface area contributed by atoms with E-state index < -0.39 is 0 Å². The molecular formula is C12H22N2S. The SMILES string of the molecule is CC(C)CC(CN)CNCc1cccs1. The average Bonchev–Trinajstić information content (AvgIpc) is 2.68. The molecule has 3 N–H and O–H groups in total. The van der Waals surface area contributed by atoms with Crippen molar-refractivity contribution in [3.63, 3.8) is 0 Å². The first-order valence-electron chi connectivity index (χ1n) is 5.65. The number of thiophene rings is 1. The van der Waals surface area contributed by atoms with Gasteiger partial charge < -0.3 is 11.1 Å². The van der Waals surface area contributed by atoms with Gasteiger partial charge in [-0.25, -0.2) is 0 Å². The number of rotatable bonds is 7. The molecule has 1 atom stereocenters. The Balaban J connectivity index is 2.17. The third-order valence-corrected chi connectivity index (χ3v) is 3.33. The normalized spacial score (nSPS) is 13.3. The lowest BCUT2D eigenvalue weighted by molar-refractivity contribution is 0.394. The van der Waals surface area contributed by atoms with Crippen molar-refractivity contribution in [2.24, 2.45) is 17.6 Å². The summed E-state index contributed by atoms with van der Waals surface area (Å²) in [5.74, 6) is 1.35. The van der Waals surface area contributed by atoms with E-state index in [-0.39, 0.29) is 0 Å². The third kappa shape index (κ3) is 5.30. The molecule has 0 saturated heterocycles. The highest BCUT2D eigenvalue weighted by Crippen LogP contribution is 2.11. The molecule has 0 saturated carbocycles. The van der Waals surface area contributed by atoms with Crippen molar-refractivity contribution in [1.82, 2.24) is 5.32 Å². The van der Waals surface area contributed by atoms with Gasteiger partial charge in [-0.1, -0.05) is 19.9 Å². The Morgan fingerprint density at radius 1 is 1.47 bits per heavy atom.